The summed E-state index contributed by atoms with van der Waals surface area (Å²) in [5.41, 5.74) is 0. The molecule has 1 amide bonds. The van der Waals surface area contributed by atoms with Crippen LogP contribution in [0.4, 0.5) is 4.39 Å². The molecule has 2 aromatic rings. The Hall–Kier alpha value is -0.940. The number of hydrogen-bond acceptors (Lipinski definition) is 2. The number of carbonyl (C=O) groups is 1. The molecule has 5 heteroatoms. The van der Waals surface area contributed by atoms with E-state index in [0.29, 0.717) is 15.6 Å². The van der Waals surface area contributed by atoms with Gasteiger partial charge in [0.1, 0.15) is 5.82 Å². The molecule has 0 radical (unpaired) electrons. The highest BCUT2D eigenvalue weighted by Gasteiger charge is 2.29. The summed E-state index contributed by atoms with van der Waals surface area (Å²) in [6, 6.07) is 6.49. The molecule has 20 heavy (non-hydrogen) atoms. The Kier molecular flexibility index (Phi) is 3.82. The molecule has 1 heterocycles. The van der Waals surface area contributed by atoms with E-state index in [1.54, 1.807) is 11.0 Å². The van der Waals surface area contributed by atoms with Gasteiger partial charge in [0.05, 0.1) is 4.88 Å². The number of rotatable bonds is 3. The minimum absolute atomic E-state index is 0.0321. The van der Waals surface area contributed by atoms with Gasteiger partial charge in [0, 0.05) is 23.1 Å². The summed E-state index contributed by atoms with van der Waals surface area (Å²) in [5.74, 6) is 0.370. The lowest BCUT2D eigenvalue weighted by molar-refractivity contribution is 0.0753. The molecule has 0 atom stereocenters. The number of alkyl halides is 1. The van der Waals surface area contributed by atoms with Crippen molar-refractivity contribution in [1.29, 1.82) is 0 Å². The molecule has 0 saturated heterocycles. The molecule has 0 N–H and O–H groups in total. The van der Waals surface area contributed by atoms with Crippen molar-refractivity contribution in [2.24, 2.45) is 5.92 Å². The topological polar surface area (TPSA) is 20.3 Å². The summed E-state index contributed by atoms with van der Waals surface area (Å²) in [6.45, 7) is 0.795. The van der Waals surface area contributed by atoms with E-state index in [2.05, 4.69) is 15.9 Å². The molecule has 1 aromatic carbocycles. The van der Waals surface area contributed by atoms with Crippen LogP contribution in [0.3, 0.4) is 0 Å². The summed E-state index contributed by atoms with van der Waals surface area (Å²) < 4.78 is 14.0. The van der Waals surface area contributed by atoms with Crippen LogP contribution in [-0.4, -0.2) is 29.2 Å². The zero-order chi connectivity index (χ0) is 14.3. The third kappa shape index (κ3) is 2.74. The third-order valence-electron chi connectivity index (χ3n) is 3.75. The maximum Gasteiger partial charge on any atom is 0.263 e. The van der Waals surface area contributed by atoms with Crippen molar-refractivity contribution < 1.29 is 9.18 Å². The van der Waals surface area contributed by atoms with Crippen molar-refractivity contribution >= 4 is 43.3 Å². The molecular formula is C15H15BrFNOS. The highest BCUT2D eigenvalue weighted by atomic mass is 79.9. The van der Waals surface area contributed by atoms with Crippen LogP contribution in [0.1, 0.15) is 22.5 Å². The van der Waals surface area contributed by atoms with Crippen LogP contribution in [0.15, 0.2) is 24.3 Å². The smallest absolute Gasteiger partial charge is 0.263 e. The van der Waals surface area contributed by atoms with Crippen molar-refractivity contribution in [2.45, 2.75) is 17.7 Å². The Labute approximate surface area is 129 Å². The Morgan fingerprint density at radius 3 is 2.90 bits per heavy atom. The van der Waals surface area contributed by atoms with Crippen LogP contribution < -0.4 is 0 Å². The van der Waals surface area contributed by atoms with Gasteiger partial charge in [-0.15, -0.1) is 11.3 Å². The van der Waals surface area contributed by atoms with E-state index in [1.165, 1.54) is 23.5 Å². The Morgan fingerprint density at radius 1 is 1.45 bits per heavy atom. The lowest BCUT2D eigenvalue weighted by atomic mass is 9.85. The van der Waals surface area contributed by atoms with Gasteiger partial charge in [-0.25, -0.2) is 4.39 Å². The standard InChI is InChI=1S/C15H15BrFNOS/c1-18(8-9-4-11(16)5-9)15(19)14-6-10-2-3-12(17)7-13(10)20-14/h2-3,6-7,9,11H,4-5,8H2,1H3. The Balaban J connectivity index is 1.74. The second kappa shape index (κ2) is 5.45. The monoisotopic (exact) mass is 355 g/mol. The molecule has 1 aliphatic carbocycles. The molecule has 1 fully saturated rings. The molecule has 1 saturated carbocycles. The fourth-order valence-electron chi connectivity index (χ4n) is 2.57. The van der Waals surface area contributed by atoms with Crippen LogP contribution in [0.25, 0.3) is 10.1 Å². The van der Waals surface area contributed by atoms with Gasteiger partial charge in [0.25, 0.3) is 5.91 Å². The molecular weight excluding hydrogens is 341 g/mol. The van der Waals surface area contributed by atoms with Crippen LogP contribution in [-0.2, 0) is 0 Å². The first kappa shape index (κ1) is 14.0. The Bertz CT molecular complexity index is 650. The predicted octanol–water partition coefficient (Wildman–Crippen LogP) is 4.29. The minimum Gasteiger partial charge on any atom is -0.341 e. The molecule has 0 bridgehead atoms. The van der Waals surface area contributed by atoms with Gasteiger partial charge in [-0.2, -0.15) is 0 Å². The summed E-state index contributed by atoms with van der Waals surface area (Å²) in [6.07, 6.45) is 2.27. The molecule has 106 valence electrons. The average Bonchev–Trinajstić information content (AvgIpc) is 2.78. The molecule has 0 aliphatic heterocycles. The van der Waals surface area contributed by atoms with Gasteiger partial charge in [-0.1, -0.05) is 22.0 Å². The summed E-state index contributed by atoms with van der Waals surface area (Å²) >= 11 is 4.93. The average molecular weight is 356 g/mol. The quantitative estimate of drug-likeness (QED) is 0.752. The largest absolute Gasteiger partial charge is 0.341 e. The van der Waals surface area contributed by atoms with Crippen molar-refractivity contribution in [3.05, 3.63) is 35.0 Å². The summed E-state index contributed by atoms with van der Waals surface area (Å²) in [7, 11) is 1.84. The summed E-state index contributed by atoms with van der Waals surface area (Å²) in [5, 5.41) is 0.928. The van der Waals surface area contributed by atoms with Gasteiger partial charge >= 0.3 is 0 Å². The maximum atomic E-state index is 13.2. The molecule has 1 aromatic heterocycles. The minimum atomic E-state index is -0.260. The normalized spacial score (nSPS) is 21.8. The number of halogens is 2. The van der Waals surface area contributed by atoms with E-state index in [0.717, 1.165) is 29.5 Å². The van der Waals surface area contributed by atoms with E-state index < -0.39 is 0 Å². The van der Waals surface area contributed by atoms with Gasteiger partial charge in [-0.05, 0) is 42.3 Å². The van der Waals surface area contributed by atoms with Gasteiger partial charge < -0.3 is 4.90 Å². The van der Waals surface area contributed by atoms with E-state index in [9.17, 15) is 9.18 Å². The van der Waals surface area contributed by atoms with Gasteiger partial charge in [-0.3, -0.25) is 4.79 Å². The molecule has 2 nitrogen and oxygen atoms in total. The fourth-order valence-corrected chi connectivity index (χ4v) is 4.71. The van der Waals surface area contributed by atoms with Crippen LogP contribution in [0.2, 0.25) is 0 Å². The van der Waals surface area contributed by atoms with Crippen molar-refractivity contribution in [1.82, 2.24) is 4.90 Å². The van der Waals surface area contributed by atoms with E-state index in [4.69, 9.17) is 0 Å². The van der Waals surface area contributed by atoms with E-state index in [1.807, 2.05) is 13.1 Å². The highest BCUT2D eigenvalue weighted by Crippen LogP contribution is 2.34. The molecule has 0 unspecified atom stereocenters. The van der Waals surface area contributed by atoms with Gasteiger partial charge in [0.15, 0.2) is 0 Å². The molecule has 0 spiro atoms. The number of hydrogen-bond donors (Lipinski definition) is 0. The first-order valence-electron chi connectivity index (χ1n) is 6.61. The summed E-state index contributed by atoms with van der Waals surface area (Å²) in [4.78, 5) is 15.5. The number of benzene rings is 1. The SMILES string of the molecule is CN(CC1CC(Br)C1)C(=O)c1cc2ccc(F)cc2s1. The Morgan fingerprint density at radius 2 is 2.20 bits per heavy atom. The number of amides is 1. The first-order valence-corrected chi connectivity index (χ1v) is 8.35. The van der Waals surface area contributed by atoms with Crippen molar-refractivity contribution in [2.75, 3.05) is 13.6 Å². The van der Waals surface area contributed by atoms with E-state index >= 15 is 0 Å². The number of nitrogens with zero attached hydrogens (tertiary/aromatic N) is 1. The molecule has 1 aliphatic rings. The maximum absolute atomic E-state index is 13.2. The second-order valence-corrected chi connectivity index (χ2v) is 7.79. The molecule has 3 rings (SSSR count). The lowest BCUT2D eigenvalue weighted by Crippen LogP contribution is -2.37. The predicted molar refractivity (Wildman–Crippen MR) is 84.2 cm³/mol. The van der Waals surface area contributed by atoms with E-state index in [-0.39, 0.29) is 11.7 Å². The van der Waals surface area contributed by atoms with Crippen LogP contribution >= 0.6 is 27.3 Å². The third-order valence-corrected chi connectivity index (χ3v) is 5.58. The zero-order valence-corrected chi connectivity index (χ0v) is 13.5. The van der Waals surface area contributed by atoms with Crippen molar-refractivity contribution in [3.8, 4) is 0 Å². The number of fused-ring (bicyclic) bond motifs is 1. The number of carbonyl (C=O) groups excluding carboxylic acids is 1. The lowest BCUT2D eigenvalue weighted by Gasteiger charge is -2.34. The second-order valence-electron chi connectivity index (χ2n) is 5.41. The zero-order valence-electron chi connectivity index (χ0n) is 11.1. The van der Waals surface area contributed by atoms with Gasteiger partial charge in [0.2, 0.25) is 0 Å². The fraction of sp³-hybridized carbons (Fsp3) is 0.400. The first-order chi connectivity index (χ1) is 9.52. The number of thiophene rings is 1. The highest BCUT2D eigenvalue weighted by molar-refractivity contribution is 9.09. The van der Waals surface area contributed by atoms with Crippen molar-refractivity contribution in [3.63, 3.8) is 0 Å². The van der Waals surface area contributed by atoms with Crippen LogP contribution in [0, 0.1) is 11.7 Å². The van der Waals surface area contributed by atoms with Crippen LogP contribution in [0.5, 0.6) is 0 Å².